The first-order chi connectivity index (χ1) is 12.7. The third kappa shape index (κ3) is 4.31. The van der Waals surface area contributed by atoms with Crippen LogP contribution in [0.5, 0.6) is 11.8 Å². The van der Waals surface area contributed by atoms with Crippen molar-refractivity contribution in [2.24, 2.45) is 0 Å². The van der Waals surface area contributed by atoms with Crippen LogP contribution in [0.2, 0.25) is 0 Å². The third-order valence-electron chi connectivity index (χ3n) is 4.44. The molecule has 1 aromatic carbocycles. The highest BCUT2D eigenvalue weighted by atomic mass is 16.5. The molecule has 0 saturated carbocycles. The molecule has 0 aliphatic carbocycles. The number of carbonyl (C=O) groups excluding carboxylic acids is 1. The summed E-state index contributed by atoms with van der Waals surface area (Å²) in [6.07, 6.45) is 6.14. The summed E-state index contributed by atoms with van der Waals surface area (Å²) in [7, 11) is 0. The Morgan fingerprint density at radius 3 is 2.73 bits per heavy atom. The number of rotatable bonds is 6. The number of hydrogen-bond donors (Lipinski definition) is 0. The maximum Gasteiger partial charge on any atom is 0.316 e. The molecule has 6 nitrogen and oxygen atoms in total. The molecule has 2 aromatic rings. The monoisotopic (exact) mass is 355 g/mol. The van der Waals surface area contributed by atoms with E-state index in [0.717, 1.165) is 31.4 Å². The lowest BCUT2D eigenvalue weighted by Crippen LogP contribution is -2.44. The zero-order valence-corrected chi connectivity index (χ0v) is 15.4. The Hall–Kier alpha value is -2.63. The van der Waals surface area contributed by atoms with Crippen molar-refractivity contribution in [3.8, 4) is 11.8 Å². The fourth-order valence-corrected chi connectivity index (χ4v) is 3.05. The number of nitrogens with zero attached hydrogens (tertiary/aromatic N) is 3. The van der Waals surface area contributed by atoms with E-state index in [9.17, 15) is 4.79 Å². The summed E-state index contributed by atoms with van der Waals surface area (Å²) in [5.41, 5.74) is 1.67. The van der Waals surface area contributed by atoms with Gasteiger partial charge in [0.1, 0.15) is 11.9 Å². The topological polar surface area (TPSA) is 64.5 Å². The molecule has 1 atom stereocenters. The average molecular weight is 355 g/mol. The van der Waals surface area contributed by atoms with Crippen LogP contribution in [0, 0.1) is 0 Å². The summed E-state index contributed by atoms with van der Waals surface area (Å²) < 4.78 is 11.5. The predicted octanol–water partition coefficient (Wildman–Crippen LogP) is 3.12. The van der Waals surface area contributed by atoms with Gasteiger partial charge >= 0.3 is 6.01 Å². The van der Waals surface area contributed by atoms with Crippen LogP contribution in [0.3, 0.4) is 0 Å². The van der Waals surface area contributed by atoms with E-state index in [-0.39, 0.29) is 12.0 Å². The Balaban J connectivity index is 1.67. The average Bonchev–Trinajstić information content (AvgIpc) is 2.69. The Morgan fingerprint density at radius 1 is 1.23 bits per heavy atom. The minimum absolute atomic E-state index is 0.0235. The minimum atomic E-state index is -0.0977. The van der Waals surface area contributed by atoms with Gasteiger partial charge in [0.25, 0.3) is 5.91 Å². The van der Waals surface area contributed by atoms with Crippen LogP contribution in [0.25, 0.3) is 0 Å². The second-order valence-electron chi connectivity index (χ2n) is 6.29. The van der Waals surface area contributed by atoms with Gasteiger partial charge in [0.2, 0.25) is 0 Å². The summed E-state index contributed by atoms with van der Waals surface area (Å²) >= 11 is 0. The van der Waals surface area contributed by atoms with Crippen molar-refractivity contribution in [2.45, 2.75) is 39.2 Å². The molecule has 0 bridgehead atoms. The summed E-state index contributed by atoms with van der Waals surface area (Å²) in [5, 5.41) is 0. The molecule has 1 saturated heterocycles. The van der Waals surface area contributed by atoms with Crippen LogP contribution in [-0.2, 0) is 6.42 Å². The zero-order chi connectivity index (χ0) is 18.4. The molecule has 0 spiro atoms. The van der Waals surface area contributed by atoms with E-state index < -0.39 is 0 Å². The van der Waals surface area contributed by atoms with Gasteiger partial charge in [-0.05, 0) is 43.9 Å². The largest absolute Gasteiger partial charge is 0.493 e. The molecule has 2 heterocycles. The van der Waals surface area contributed by atoms with E-state index in [0.29, 0.717) is 30.5 Å². The Bertz CT molecular complexity index is 733. The number of amides is 1. The summed E-state index contributed by atoms with van der Waals surface area (Å²) in [4.78, 5) is 23.3. The van der Waals surface area contributed by atoms with Gasteiger partial charge in [-0.2, -0.15) is 0 Å². The maximum atomic E-state index is 12.9. The van der Waals surface area contributed by atoms with Gasteiger partial charge in [0.15, 0.2) is 0 Å². The zero-order valence-electron chi connectivity index (χ0n) is 15.4. The SMILES string of the molecule is CCOc1ccccc1C(=O)N1CCCC(Oc2ncc(CC)cn2)C1. The van der Waals surface area contributed by atoms with E-state index in [1.807, 2.05) is 36.1 Å². The quantitative estimate of drug-likeness (QED) is 0.796. The number of hydrogen-bond acceptors (Lipinski definition) is 5. The van der Waals surface area contributed by atoms with Gasteiger partial charge in [-0.15, -0.1) is 0 Å². The van der Waals surface area contributed by atoms with Crippen molar-refractivity contribution in [2.75, 3.05) is 19.7 Å². The number of piperidine rings is 1. The molecule has 1 aromatic heterocycles. The van der Waals surface area contributed by atoms with Crippen LogP contribution >= 0.6 is 0 Å². The van der Waals surface area contributed by atoms with Crippen LogP contribution in [0.4, 0.5) is 0 Å². The number of likely N-dealkylation sites (tertiary alicyclic amines) is 1. The first-order valence-corrected chi connectivity index (χ1v) is 9.20. The smallest absolute Gasteiger partial charge is 0.316 e. The summed E-state index contributed by atoms with van der Waals surface area (Å²) in [5.74, 6) is 0.603. The number of aromatic nitrogens is 2. The molecule has 6 heteroatoms. The van der Waals surface area contributed by atoms with Crippen molar-refractivity contribution in [3.05, 3.63) is 47.8 Å². The highest BCUT2D eigenvalue weighted by molar-refractivity contribution is 5.97. The van der Waals surface area contributed by atoms with Crippen molar-refractivity contribution in [1.29, 1.82) is 0 Å². The summed E-state index contributed by atoms with van der Waals surface area (Å²) in [6.45, 7) is 5.74. The summed E-state index contributed by atoms with van der Waals surface area (Å²) in [6, 6.07) is 7.75. The van der Waals surface area contributed by atoms with E-state index >= 15 is 0 Å². The molecule has 0 radical (unpaired) electrons. The molecule has 26 heavy (non-hydrogen) atoms. The highest BCUT2D eigenvalue weighted by Gasteiger charge is 2.27. The second-order valence-corrected chi connectivity index (χ2v) is 6.29. The molecule has 138 valence electrons. The Kier molecular flexibility index (Phi) is 6.04. The molecule has 1 aliphatic heterocycles. The number of para-hydroxylation sites is 1. The van der Waals surface area contributed by atoms with Gasteiger partial charge in [0, 0.05) is 18.9 Å². The van der Waals surface area contributed by atoms with Crippen LogP contribution in [0.1, 0.15) is 42.6 Å². The van der Waals surface area contributed by atoms with Gasteiger partial charge < -0.3 is 14.4 Å². The van der Waals surface area contributed by atoms with Crippen LogP contribution in [-0.4, -0.2) is 46.6 Å². The van der Waals surface area contributed by atoms with E-state index in [2.05, 4.69) is 16.9 Å². The fraction of sp³-hybridized carbons (Fsp3) is 0.450. The van der Waals surface area contributed by atoms with Crippen molar-refractivity contribution < 1.29 is 14.3 Å². The number of ether oxygens (including phenoxy) is 2. The molecule has 1 fully saturated rings. The first kappa shape index (κ1) is 18.2. The minimum Gasteiger partial charge on any atom is -0.493 e. The van der Waals surface area contributed by atoms with Gasteiger partial charge in [0.05, 0.1) is 18.7 Å². The lowest BCUT2D eigenvalue weighted by Gasteiger charge is -2.32. The molecular formula is C20H25N3O3. The third-order valence-corrected chi connectivity index (χ3v) is 4.44. The van der Waals surface area contributed by atoms with Gasteiger partial charge in [-0.3, -0.25) is 4.79 Å². The molecule has 3 rings (SSSR count). The van der Waals surface area contributed by atoms with Crippen LogP contribution in [0.15, 0.2) is 36.7 Å². The van der Waals surface area contributed by atoms with E-state index in [1.165, 1.54) is 0 Å². The number of benzene rings is 1. The number of aryl methyl sites for hydroxylation is 1. The van der Waals surface area contributed by atoms with Gasteiger partial charge in [-0.25, -0.2) is 9.97 Å². The van der Waals surface area contributed by atoms with Gasteiger partial charge in [-0.1, -0.05) is 19.1 Å². The molecule has 1 unspecified atom stereocenters. The van der Waals surface area contributed by atoms with Crippen molar-refractivity contribution in [1.82, 2.24) is 14.9 Å². The Labute approximate surface area is 154 Å². The molecule has 1 aliphatic rings. The van der Waals surface area contributed by atoms with E-state index in [4.69, 9.17) is 9.47 Å². The second kappa shape index (κ2) is 8.65. The van der Waals surface area contributed by atoms with E-state index in [1.54, 1.807) is 12.4 Å². The lowest BCUT2D eigenvalue weighted by atomic mass is 10.1. The predicted molar refractivity (Wildman–Crippen MR) is 98.6 cm³/mol. The fourth-order valence-electron chi connectivity index (χ4n) is 3.05. The van der Waals surface area contributed by atoms with Crippen LogP contribution < -0.4 is 9.47 Å². The van der Waals surface area contributed by atoms with Crippen molar-refractivity contribution >= 4 is 5.91 Å². The van der Waals surface area contributed by atoms with Crippen molar-refractivity contribution in [3.63, 3.8) is 0 Å². The molecular weight excluding hydrogens is 330 g/mol. The molecule has 1 amide bonds. The molecule has 0 N–H and O–H groups in total. The standard InChI is InChI=1S/C20H25N3O3/c1-3-15-12-21-20(22-13-15)26-16-8-7-11-23(14-16)19(24)17-9-5-6-10-18(17)25-4-2/h5-6,9-10,12-13,16H,3-4,7-8,11,14H2,1-2H3. The lowest BCUT2D eigenvalue weighted by molar-refractivity contribution is 0.0512. The normalized spacial score (nSPS) is 17.0. The first-order valence-electron chi connectivity index (χ1n) is 9.20. The maximum absolute atomic E-state index is 12.9. The Morgan fingerprint density at radius 2 is 2.00 bits per heavy atom. The number of carbonyl (C=O) groups is 1. The highest BCUT2D eigenvalue weighted by Crippen LogP contribution is 2.23.